The Morgan fingerprint density at radius 3 is 2.53 bits per heavy atom. The predicted octanol–water partition coefficient (Wildman–Crippen LogP) is 3.90. The molecule has 2 rings (SSSR count). The van der Waals surface area contributed by atoms with Crippen molar-refractivity contribution in [2.45, 2.75) is 39.7 Å². The van der Waals surface area contributed by atoms with Gasteiger partial charge in [0.05, 0.1) is 5.69 Å². The van der Waals surface area contributed by atoms with Gasteiger partial charge in [0.1, 0.15) is 5.60 Å². The Bertz CT molecular complexity index is 448. The Hall–Kier alpha value is -1.51. The summed E-state index contributed by atoms with van der Waals surface area (Å²) in [5, 5.41) is 2.76. The van der Waals surface area contributed by atoms with Crippen molar-refractivity contribution in [3.05, 3.63) is 29.8 Å². The van der Waals surface area contributed by atoms with Gasteiger partial charge in [-0.05, 0) is 12.5 Å². The molecule has 0 aromatic heterocycles. The highest BCUT2D eigenvalue weighted by Crippen LogP contribution is 2.49. The van der Waals surface area contributed by atoms with Gasteiger partial charge in [-0.3, -0.25) is 5.32 Å². The second-order valence-electron chi connectivity index (χ2n) is 5.49. The molecule has 0 radical (unpaired) electrons. The molecule has 1 aromatic rings. The van der Waals surface area contributed by atoms with Crippen LogP contribution in [0.25, 0.3) is 0 Å². The number of ether oxygens (including phenoxy) is 1. The van der Waals surface area contributed by atoms with Gasteiger partial charge < -0.3 is 4.74 Å². The van der Waals surface area contributed by atoms with Gasteiger partial charge in [-0.2, -0.15) is 0 Å². The molecule has 1 aliphatic heterocycles. The molecule has 0 fully saturated rings. The summed E-state index contributed by atoms with van der Waals surface area (Å²) in [6.07, 6.45) is 0.404. The number of anilines is 1. The van der Waals surface area contributed by atoms with E-state index in [0.717, 1.165) is 17.7 Å². The number of nitrogens with one attached hydrogen (secondary N) is 1. The summed E-state index contributed by atoms with van der Waals surface area (Å²) in [4.78, 5) is 11.7. The number of rotatable bonds is 1. The fourth-order valence-electron chi connectivity index (χ4n) is 2.64. The topological polar surface area (TPSA) is 38.3 Å². The lowest BCUT2D eigenvalue weighted by molar-refractivity contribution is -0.0754. The van der Waals surface area contributed by atoms with Crippen molar-refractivity contribution in [2.75, 3.05) is 5.32 Å². The molecular formula is C14H19NO2. The quantitative estimate of drug-likeness (QED) is 0.798. The van der Waals surface area contributed by atoms with E-state index in [9.17, 15) is 4.79 Å². The normalized spacial score (nSPS) is 23.6. The zero-order valence-electron chi connectivity index (χ0n) is 10.8. The third kappa shape index (κ3) is 1.70. The molecule has 1 heterocycles. The van der Waals surface area contributed by atoms with Gasteiger partial charge in [-0.25, -0.2) is 4.79 Å². The number of para-hydroxylation sites is 1. The second kappa shape index (κ2) is 3.76. The van der Waals surface area contributed by atoms with Crippen molar-refractivity contribution < 1.29 is 9.53 Å². The van der Waals surface area contributed by atoms with E-state index >= 15 is 0 Å². The first-order chi connectivity index (χ1) is 7.90. The van der Waals surface area contributed by atoms with E-state index in [2.05, 4.69) is 33.0 Å². The van der Waals surface area contributed by atoms with Crippen LogP contribution in [-0.4, -0.2) is 6.09 Å². The average molecular weight is 233 g/mol. The number of hydrogen-bond acceptors (Lipinski definition) is 2. The summed E-state index contributed by atoms with van der Waals surface area (Å²) >= 11 is 0. The summed E-state index contributed by atoms with van der Waals surface area (Å²) in [7, 11) is 0. The van der Waals surface area contributed by atoms with Crippen LogP contribution in [0.4, 0.5) is 10.5 Å². The molecule has 1 N–H and O–H groups in total. The molecule has 0 saturated carbocycles. The molecule has 1 unspecified atom stereocenters. The first-order valence-electron chi connectivity index (χ1n) is 6.00. The van der Waals surface area contributed by atoms with E-state index in [1.54, 1.807) is 0 Å². The number of benzene rings is 1. The molecule has 0 spiro atoms. The van der Waals surface area contributed by atoms with Gasteiger partial charge in [0.25, 0.3) is 0 Å². The summed E-state index contributed by atoms with van der Waals surface area (Å²) in [5.74, 6) is 0. The maximum Gasteiger partial charge on any atom is 0.412 e. The van der Waals surface area contributed by atoms with Gasteiger partial charge in [0, 0.05) is 11.0 Å². The third-order valence-electron chi connectivity index (χ3n) is 3.58. The van der Waals surface area contributed by atoms with E-state index in [0.29, 0.717) is 0 Å². The Kier molecular flexibility index (Phi) is 2.64. The molecule has 1 aliphatic rings. The maximum absolute atomic E-state index is 11.7. The Morgan fingerprint density at radius 1 is 1.29 bits per heavy atom. The Balaban J connectivity index is 2.65. The molecule has 3 heteroatoms. The van der Waals surface area contributed by atoms with Crippen LogP contribution in [0, 0.1) is 5.41 Å². The second-order valence-corrected chi connectivity index (χ2v) is 5.49. The van der Waals surface area contributed by atoms with Crippen LogP contribution in [0.5, 0.6) is 0 Å². The van der Waals surface area contributed by atoms with Crippen LogP contribution < -0.4 is 5.32 Å². The lowest BCUT2D eigenvalue weighted by Crippen LogP contribution is -2.48. The number of hydrogen-bond donors (Lipinski definition) is 1. The maximum atomic E-state index is 11.7. The van der Waals surface area contributed by atoms with Crippen molar-refractivity contribution in [1.82, 2.24) is 0 Å². The minimum Gasteiger partial charge on any atom is -0.437 e. The molecule has 92 valence electrons. The number of carbonyl (C=O) groups excluding carboxylic acids is 1. The minimum absolute atomic E-state index is 0.143. The molecule has 1 atom stereocenters. The summed E-state index contributed by atoms with van der Waals surface area (Å²) in [6, 6.07) is 7.86. The molecule has 0 saturated heterocycles. The van der Waals surface area contributed by atoms with Crippen LogP contribution in [0.1, 0.15) is 39.7 Å². The Morgan fingerprint density at radius 2 is 1.94 bits per heavy atom. The van der Waals surface area contributed by atoms with E-state index in [-0.39, 0.29) is 11.5 Å². The van der Waals surface area contributed by atoms with Crippen molar-refractivity contribution >= 4 is 11.8 Å². The van der Waals surface area contributed by atoms with Crippen LogP contribution in [0.15, 0.2) is 24.3 Å². The van der Waals surface area contributed by atoms with Crippen molar-refractivity contribution in [3.63, 3.8) is 0 Å². The van der Waals surface area contributed by atoms with Gasteiger partial charge >= 0.3 is 6.09 Å². The van der Waals surface area contributed by atoms with Crippen LogP contribution >= 0.6 is 0 Å². The van der Waals surface area contributed by atoms with E-state index in [1.807, 2.05) is 24.3 Å². The number of carbonyl (C=O) groups is 1. The lowest BCUT2D eigenvalue weighted by Gasteiger charge is -2.46. The summed E-state index contributed by atoms with van der Waals surface area (Å²) in [5.41, 5.74) is 1.23. The highest BCUT2D eigenvalue weighted by atomic mass is 16.6. The van der Waals surface area contributed by atoms with E-state index < -0.39 is 5.60 Å². The molecule has 0 aliphatic carbocycles. The first-order valence-corrected chi connectivity index (χ1v) is 6.00. The predicted molar refractivity (Wildman–Crippen MR) is 68.0 cm³/mol. The third-order valence-corrected chi connectivity index (χ3v) is 3.58. The molecule has 0 bridgehead atoms. The minimum atomic E-state index is -0.550. The fraction of sp³-hybridized carbons (Fsp3) is 0.500. The van der Waals surface area contributed by atoms with Gasteiger partial charge in [-0.15, -0.1) is 0 Å². The number of cyclic esters (lactones) is 1. The summed E-state index contributed by atoms with van der Waals surface area (Å²) in [6.45, 7) is 8.37. The van der Waals surface area contributed by atoms with Crippen molar-refractivity contribution in [1.29, 1.82) is 0 Å². The van der Waals surface area contributed by atoms with Crippen LogP contribution in [0.2, 0.25) is 0 Å². The highest BCUT2D eigenvalue weighted by molar-refractivity contribution is 5.88. The molecule has 1 aromatic carbocycles. The zero-order chi connectivity index (χ0) is 12.7. The van der Waals surface area contributed by atoms with Gasteiger partial charge in [0.15, 0.2) is 0 Å². The van der Waals surface area contributed by atoms with Gasteiger partial charge in [-0.1, -0.05) is 45.9 Å². The van der Waals surface area contributed by atoms with Crippen LogP contribution in [-0.2, 0) is 10.3 Å². The largest absolute Gasteiger partial charge is 0.437 e. The summed E-state index contributed by atoms with van der Waals surface area (Å²) < 4.78 is 5.66. The SMILES string of the molecule is CCC1(C(C)(C)C)OC(=O)Nc2ccccc21. The van der Waals surface area contributed by atoms with Gasteiger partial charge in [0.2, 0.25) is 0 Å². The first kappa shape index (κ1) is 12.0. The monoisotopic (exact) mass is 233 g/mol. The van der Waals surface area contributed by atoms with E-state index in [1.165, 1.54) is 0 Å². The van der Waals surface area contributed by atoms with E-state index in [4.69, 9.17) is 4.74 Å². The molecule has 3 nitrogen and oxygen atoms in total. The molecular weight excluding hydrogens is 214 g/mol. The number of fused-ring (bicyclic) bond motifs is 1. The number of amides is 1. The fourth-order valence-corrected chi connectivity index (χ4v) is 2.64. The smallest absolute Gasteiger partial charge is 0.412 e. The molecule has 17 heavy (non-hydrogen) atoms. The van der Waals surface area contributed by atoms with Crippen molar-refractivity contribution in [3.8, 4) is 0 Å². The Labute approximate surface area is 102 Å². The standard InChI is InChI=1S/C14H19NO2/c1-5-14(13(2,3)4)10-8-6-7-9-11(10)15-12(16)17-14/h6-9H,5H2,1-4H3,(H,15,16). The van der Waals surface area contributed by atoms with Crippen molar-refractivity contribution in [2.24, 2.45) is 5.41 Å². The highest BCUT2D eigenvalue weighted by Gasteiger charge is 2.49. The average Bonchev–Trinajstić information content (AvgIpc) is 2.26. The lowest BCUT2D eigenvalue weighted by atomic mass is 9.69. The molecule has 1 amide bonds. The zero-order valence-corrected chi connectivity index (χ0v) is 10.8. The van der Waals surface area contributed by atoms with Crippen LogP contribution in [0.3, 0.4) is 0 Å².